The van der Waals surface area contributed by atoms with Crippen molar-refractivity contribution in [3.05, 3.63) is 12.2 Å². The highest BCUT2D eigenvalue weighted by Crippen LogP contribution is 2.58. The molecule has 1 heterocycles. The maximum Gasteiger partial charge on any atom is 0.346 e. The van der Waals surface area contributed by atoms with Gasteiger partial charge in [-0.15, -0.1) is 0 Å². The fourth-order valence-corrected chi connectivity index (χ4v) is 6.01. The van der Waals surface area contributed by atoms with Crippen LogP contribution in [0.2, 0.25) is 0 Å². The maximum atomic E-state index is 12.2. The summed E-state index contributed by atoms with van der Waals surface area (Å²) in [5.41, 5.74) is 0. The molecule has 0 saturated carbocycles. The second kappa shape index (κ2) is 5.08. The fourth-order valence-electron chi connectivity index (χ4n) is 1.90. The quantitative estimate of drug-likeness (QED) is 0.647. The first-order valence-corrected chi connectivity index (χ1v) is 8.59. The number of sulfone groups is 1. The molecule has 0 aliphatic heterocycles. The average molecular weight is 297 g/mol. The van der Waals surface area contributed by atoms with E-state index in [1.54, 1.807) is 0 Å². The van der Waals surface area contributed by atoms with Crippen LogP contribution in [0.1, 0.15) is 32.5 Å². The van der Waals surface area contributed by atoms with Gasteiger partial charge in [0.15, 0.2) is 14.3 Å². The Bertz CT molecular complexity index is 531. The van der Waals surface area contributed by atoms with E-state index >= 15 is 0 Å². The zero-order chi connectivity index (χ0) is 14.0. The molecule has 0 bridgehead atoms. The Labute approximate surface area is 105 Å². The minimum Gasteiger partial charge on any atom is -0.323 e. The molecule has 0 aliphatic carbocycles. The maximum absolute atomic E-state index is 12.2. The molecule has 3 N–H and O–H groups in total. The van der Waals surface area contributed by atoms with Gasteiger partial charge in [0.25, 0.3) is 0 Å². The van der Waals surface area contributed by atoms with Crippen LogP contribution in [0.4, 0.5) is 0 Å². The number of H-pyrrole nitrogens is 1. The van der Waals surface area contributed by atoms with E-state index in [9.17, 15) is 22.8 Å². The number of aromatic amines is 1. The van der Waals surface area contributed by atoms with Gasteiger partial charge in [0.05, 0.1) is 0 Å². The van der Waals surface area contributed by atoms with Crippen molar-refractivity contribution in [1.29, 1.82) is 0 Å². The van der Waals surface area contributed by atoms with Crippen molar-refractivity contribution in [3.63, 3.8) is 0 Å². The summed E-state index contributed by atoms with van der Waals surface area (Å²) in [6, 6.07) is 0. The average Bonchev–Trinajstić information content (AvgIpc) is 2.69. The minimum absolute atomic E-state index is 0.0646. The van der Waals surface area contributed by atoms with Crippen LogP contribution in [0.3, 0.4) is 0 Å². The third kappa shape index (κ3) is 2.49. The van der Waals surface area contributed by atoms with Crippen molar-refractivity contribution in [3.8, 4) is 0 Å². The summed E-state index contributed by atoms with van der Waals surface area (Å²) in [6.07, 6.45) is 0.816. The molecule has 0 atom stereocenters. The van der Waals surface area contributed by atoms with E-state index in [4.69, 9.17) is 0 Å². The minimum atomic E-state index is -4.80. The fraction of sp³-hybridized carbons (Fsp3) is 0.750. The molecule has 0 aromatic carbocycles. The first-order chi connectivity index (χ1) is 8.20. The molecule has 0 aliphatic rings. The van der Waals surface area contributed by atoms with Gasteiger partial charge in [-0.2, -0.15) is 5.10 Å². The molecule has 0 spiro atoms. The van der Waals surface area contributed by atoms with Gasteiger partial charge in [0, 0.05) is 0 Å². The topological polar surface area (TPSA) is 133 Å². The van der Waals surface area contributed by atoms with Crippen molar-refractivity contribution in [2.45, 2.75) is 36.9 Å². The van der Waals surface area contributed by atoms with E-state index < -0.39 is 27.7 Å². The molecule has 0 unspecified atom stereocenters. The van der Waals surface area contributed by atoms with E-state index in [0.29, 0.717) is 0 Å². The van der Waals surface area contributed by atoms with Crippen LogP contribution >= 0.6 is 7.60 Å². The highest BCUT2D eigenvalue weighted by atomic mass is 32.2. The Morgan fingerprint density at radius 2 is 1.94 bits per heavy atom. The molecule has 1 rings (SSSR count). The van der Waals surface area contributed by atoms with Gasteiger partial charge in [-0.05, 0) is 12.8 Å². The lowest BCUT2D eigenvalue weighted by Crippen LogP contribution is -2.38. The smallest absolute Gasteiger partial charge is 0.323 e. The molecular weight excluding hydrogens is 281 g/mol. The van der Waals surface area contributed by atoms with Gasteiger partial charge in [-0.25, -0.2) is 13.4 Å². The molecule has 0 amide bonds. The summed E-state index contributed by atoms with van der Waals surface area (Å²) in [7, 11) is -8.86. The van der Waals surface area contributed by atoms with E-state index in [1.165, 1.54) is 13.8 Å². The summed E-state index contributed by atoms with van der Waals surface area (Å²) >= 11 is 0. The highest BCUT2D eigenvalue weighted by molar-refractivity contribution is 7.98. The normalized spacial score (nSPS) is 13.8. The Balaban J connectivity index is 3.25. The Morgan fingerprint density at radius 3 is 2.28 bits per heavy atom. The Kier molecular flexibility index (Phi) is 4.32. The largest absolute Gasteiger partial charge is 0.346 e. The van der Waals surface area contributed by atoms with Crippen molar-refractivity contribution in [1.82, 2.24) is 15.2 Å². The molecule has 0 radical (unpaired) electrons. The molecule has 10 heteroatoms. The van der Waals surface area contributed by atoms with Crippen molar-refractivity contribution < 1.29 is 22.8 Å². The predicted molar refractivity (Wildman–Crippen MR) is 64.4 cm³/mol. The molecule has 1 aromatic rings. The molecule has 8 nitrogen and oxygen atoms in total. The molecule has 0 fully saturated rings. The Morgan fingerprint density at radius 1 is 1.39 bits per heavy atom. The summed E-state index contributed by atoms with van der Waals surface area (Å²) < 4.78 is 34.0. The zero-order valence-electron chi connectivity index (χ0n) is 10.1. The lowest BCUT2D eigenvalue weighted by molar-refractivity contribution is 0.341. The van der Waals surface area contributed by atoms with E-state index in [0.717, 1.165) is 6.33 Å². The monoisotopic (exact) mass is 297 g/mol. The van der Waals surface area contributed by atoms with Crippen LogP contribution in [0.15, 0.2) is 6.33 Å². The number of nitrogens with zero attached hydrogens (tertiary/aromatic N) is 2. The zero-order valence-corrected chi connectivity index (χ0v) is 11.8. The van der Waals surface area contributed by atoms with Gasteiger partial charge >= 0.3 is 7.60 Å². The first-order valence-electron chi connectivity index (χ1n) is 5.32. The van der Waals surface area contributed by atoms with Gasteiger partial charge < -0.3 is 9.79 Å². The molecule has 18 heavy (non-hydrogen) atoms. The number of hydrogen-bond acceptors (Lipinski definition) is 5. The van der Waals surface area contributed by atoms with Gasteiger partial charge in [0.1, 0.15) is 17.9 Å². The lowest BCUT2D eigenvalue weighted by atomic mass is 10.2. The van der Waals surface area contributed by atoms with Crippen LogP contribution in [-0.2, 0) is 20.2 Å². The second-order valence-corrected chi connectivity index (χ2v) is 8.43. The van der Waals surface area contributed by atoms with Gasteiger partial charge in [-0.3, -0.25) is 9.66 Å². The third-order valence-electron chi connectivity index (χ3n) is 3.01. The van der Waals surface area contributed by atoms with Crippen molar-refractivity contribution in [2.75, 3.05) is 0 Å². The summed E-state index contributed by atoms with van der Waals surface area (Å²) in [6.45, 7) is 2.89. The number of nitrogens with one attached hydrogen (secondary N) is 1. The van der Waals surface area contributed by atoms with Crippen LogP contribution in [0.25, 0.3) is 0 Å². The summed E-state index contributed by atoms with van der Waals surface area (Å²) in [4.78, 5) is 22.4. The van der Waals surface area contributed by atoms with Gasteiger partial charge in [0.2, 0.25) is 0 Å². The van der Waals surface area contributed by atoms with Crippen LogP contribution < -0.4 is 0 Å². The summed E-state index contributed by atoms with van der Waals surface area (Å²) in [5, 5.41) is 5.88. The SMILES string of the molecule is CCC(CC)(P(=O)(O)O)S(=O)(=O)Cc1ncn[nH]1. The van der Waals surface area contributed by atoms with E-state index in [1.807, 2.05) is 0 Å². The number of aromatic nitrogens is 3. The molecule has 0 saturated heterocycles. The number of hydrogen-bond donors (Lipinski definition) is 3. The highest BCUT2D eigenvalue weighted by Gasteiger charge is 2.54. The molecular formula is C8H16N3O5PS. The lowest BCUT2D eigenvalue weighted by Gasteiger charge is -2.31. The van der Waals surface area contributed by atoms with Crippen molar-refractivity contribution >= 4 is 17.4 Å². The molecule has 104 valence electrons. The van der Waals surface area contributed by atoms with E-state index in [2.05, 4.69) is 15.2 Å². The third-order valence-corrected chi connectivity index (χ3v) is 8.64. The van der Waals surface area contributed by atoms with Crippen molar-refractivity contribution in [2.24, 2.45) is 0 Å². The van der Waals surface area contributed by atoms with Gasteiger partial charge in [-0.1, -0.05) is 13.8 Å². The Hall–Kier alpha value is -0.760. The standard InChI is InChI=1S/C8H16N3O5PS/c1-3-8(4-2,17(12,13)14)18(15,16)5-7-9-6-10-11-7/h6H,3-5H2,1-2H3,(H,9,10,11)(H2,12,13,14). The van der Waals surface area contributed by atoms with Crippen LogP contribution in [-0.4, -0.2) is 37.9 Å². The molecule has 1 aromatic heterocycles. The van der Waals surface area contributed by atoms with Crippen LogP contribution in [0, 0.1) is 0 Å². The summed E-state index contributed by atoms with van der Waals surface area (Å²) in [5.74, 6) is -0.505. The van der Waals surface area contributed by atoms with E-state index in [-0.39, 0.29) is 18.7 Å². The predicted octanol–water partition coefficient (Wildman–Crippen LogP) is 0.413. The number of rotatable bonds is 6. The van der Waals surface area contributed by atoms with Crippen LogP contribution in [0.5, 0.6) is 0 Å². The first kappa shape index (κ1) is 15.3. The second-order valence-electron chi connectivity index (χ2n) is 3.89.